The van der Waals surface area contributed by atoms with Crippen molar-refractivity contribution >= 4 is 27.8 Å². The van der Waals surface area contributed by atoms with Gasteiger partial charge in [0.05, 0.1) is 4.90 Å². The van der Waals surface area contributed by atoms with Gasteiger partial charge in [-0.1, -0.05) is 0 Å². The van der Waals surface area contributed by atoms with Crippen LogP contribution in [-0.4, -0.2) is 37.5 Å². The third-order valence-electron chi connectivity index (χ3n) is 2.33. The molecule has 1 aromatic rings. The zero-order chi connectivity index (χ0) is 14.5. The Labute approximate surface area is 115 Å². The Morgan fingerprint density at radius 1 is 1.42 bits per heavy atom. The molecular formula is C11H14FNO4S2. The van der Waals surface area contributed by atoms with Gasteiger partial charge in [-0.3, -0.25) is 4.79 Å². The zero-order valence-electron chi connectivity index (χ0n) is 10.2. The van der Waals surface area contributed by atoms with Crippen molar-refractivity contribution in [2.75, 3.05) is 12.0 Å². The Morgan fingerprint density at radius 3 is 2.47 bits per heavy atom. The van der Waals surface area contributed by atoms with Gasteiger partial charge in [-0.2, -0.15) is 16.5 Å². The Morgan fingerprint density at radius 2 is 2.00 bits per heavy atom. The monoisotopic (exact) mass is 307 g/mol. The molecule has 1 atom stereocenters. The lowest BCUT2D eigenvalue weighted by molar-refractivity contribution is -0.139. The van der Waals surface area contributed by atoms with Crippen molar-refractivity contribution in [1.29, 1.82) is 0 Å². The molecule has 8 heteroatoms. The van der Waals surface area contributed by atoms with Crippen molar-refractivity contribution < 1.29 is 22.7 Å². The molecule has 0 aliphatic rings. The van der Waals surface area contributed by atoms with E-state index in [4.69, 9.17) is 5.11 Å². The average Bonchev–Trinajstić information content (AvgIpc) is 2.34. The Bertz CT molecular complexity index is 530. The number of sulfonamides is 1. The van der Waals surface area contributed by atoms with E-state index < -0.39 is 27.9 Å². The molecule has 0 saturated carbocycles. The number of aliphatic carboxylic acids is 1. The molecule has 0 aliphatic heterocycles. The molecule has 19 heavy (non-hydrogen) atoms. The van der Waals surface area contributed by atoms with E-state index in [1.165, 1.54) is 11.8 Å². The first-order valence-corrected chi connectivity index (χ1v) is 8.24. The molecule has 0 unspecified atom stereocenters. The molecule has 0 saturated heterocycles. The van der Waals surface area contributed by atoms with Gasteiger partial charge in [-0.15, -0.1) is 0 Å². The van der Waals surface area contributed by atoms with Gasteiger partial charge in [-0.25, -0.2) is 12.8 Å². The third-order valence-corrected chi connectivity index (χ3v) is 4.46. The topological polar surface area (TPSA) is 83.5 Å². The Kier molecular flexibility index (Phi) is 5.77. The lowest BCUT2D eigenvalue weighted by atomic mass is 10.2. The first-order chi connectivity index (χ1) is 8.86. The second-order valence-corrected chi connectivity index (χ2v) is 6.45. The molecule has 0 bridgehead atoms. The molecule has 0 fully saturated rings. The molecular weight excluding hydrogens is 293 g/mol. The molecule has 1 aromatic carbocycles. The highest BCUT2D eigenvalue weighted by molar-refractivity contribution is 7.98. The Hall–Kier alpha value is -1.12. The lowest BCUT2D eigenvalue weighted by Gasteiger charge is -2.14. The normalized spacial score (nSPS) is 13.2. The largest absolute Gasteiger partial charge is 0.480 e. The van der Waals surface area contributed by atoms with Crippen LogP contribution in [0.5, 0.6) is 0 Å². The SMILES string of the molecule is CSCC[C@@H](NS(=O)(=O)c1ccc(F)cc1)C(=O)O. The number of rotatable bonds is 7. The van der Waals surface area contributed by atoms with Crippen molar-refractivity contribution in [3.05, 3.63) is 30.1 Å². The van der Waals surface area contributed by atoms with Crippen molar-refractivity contribution in [2.45, 2.75) is 17.4 Å². The fraction of sp³-hybridized carbons (Fsp3) is 0.364. The highest BCUT2D eigenvalue weighted by Gasteiger charge is 2.24. The molecule has 106 valence electrons. The summed E-state index contributed by atoms with van der Waals surface area (Å²) in [5, 5.41) is 8.96. The second kappa shape index (κ2) is 6.88. The van der Waals surface area contributed by atoms with Gasteiger partial charge in [0, 0.05) is 0 Å². The van der Waals surface area contributed by atoms with Gasteiger partial charge in [0.15, 0.2) is 0 Å². The molecule has 5 nitrogen and oxygen atoms in total. The molecule has 0 heterocycles. The van der Waals surface area contributed by atoms with Crippen LogP contribution in [0.1, 0.15) is 6.42 Å². The van der Waals surface area contributed by atoms with Crippen molar-refractivity contribution in [3.8, 4) is 0 Å². The summed E-state index contributed by atoms with van der Waals surface area (Å²) in [5.74, 6) is -1.28. The van der Waals surface area contributed by atoms with Crippen LogP contribution in [0, 0.1) is 5.82 Å². The van der Waals surface area contributed by atoms with E-state index in [1.807, 2.05) is 0 Å². The van der Waals surface area contributed by atoms with E-state index >= 15 is 0 Å². The van der Waals surface area contributed by atoms with Crippen LogP contribution < -0.4 is 4.72 Å². The molecule has 0 spiro atoms. The summed E-state index contributed by atoms with van der Waals surface area (Å²) < 4.78 is 38.7. The summed E-state index contributed by atoms with van der Waals surface area (Å²) in [7, 11) is -3.96. The summed E-state index contributed by atoms with van der Waals surface area (Å²) in [6, 6.07) is 3.00. The summed E-state index contributed by atoms with van der Waals surface area (Å²) >= 11 is 1.42. The number of benzene rings is 1. The minimum absolute atomic E-state index is 0.163. The number of carbonyl (C=O) groups is 1. The number of carboxylic acid groups (broad SMARTS) is 1. The van der Waals surface area contributed by atoms with E-state index in [9.17, 15) is 17.6 Å². The average molecular weight is 307 g/mol. The highest BCUT2D eigenvalue weighted by atomic mass is 32.2. The molecule has 0 radical (unpaired) electrons. The fourth-order valence-electron chi connectivity index (χ4n) is 1.34. The second-order valence-electron chi connectivity index (χ2n) is 3.75. The van der Waals surface area contributed by atoms with Gasteiger partial charge in [0.1, 0.15) is 11.9 Å². The van der Waals surface area contributed by atoms with E-state index in [1.54, 1.807) is 6.26 Å². The van der Waals surface area contributed by atoms with E-state index in [2.05, 4.69) is 4.72 Å². The van der Waals surface area contributed by atoms with Gasteiger partial charge in [-0.05, 0) is 42.7 Å². The summed E-state index contributed by atoms with van der Waals surface area (Å²) in [6.07, 6.45) is 1.98. The number of thioether (sulfide) groups is 1. The van der Waals surface area contributed by atoms with Crippen LogP contribution in [0.3, 0.4) is 0 Å². The number of halogens is 1. The molecule has 0 amide bonds. The number of nitrogens with one attached hydrogen (secondary N) is 1. The number of hydrogen-bond acceptors (Lipinski definition) is 4. The first kappa shape index (κ1) is 15.9. The maximum Gasteiger partial charge on any atom is 0.321 e. The van der Waals surface area contributed by atoms with Crippen LogP contribution in [0.4, 0.5) is 4.39 Å². The van der Waals surface area contributed by atoms with Gasteiger partial charge in [0.25, 0.3) is 0 Å². The minimum Gasteiger partial charge on any atom is -0.480 e. The lowest BCUT2D eigenvalue weighted by Crippen LogP contribution is -2.41. The van der Waals surface area contributed by atoms with E-state index in [-0.39, 0.29) is 11.3 Å². The van der Waals surface area contributed by atoms with Gasteiger partial charge in [0.2, 0.25) is 10.0 Å². The van der Waals surface area contributed by atoms with E-state index in [0.717, 1.165) is 24.3 Å². The first-order valence-electron chi connectivity index (χ1n) is 5.36. The quantitative estimate of drug-likeness (QED) is 0.793. The smallest absolute Gasteiger partial charge is 0.321 e. The van der Waals surface area contributed by atoms with Gasteiger partial charge >= 0.3 is 5.97 Å². The van der Waals surface area contributed by atoms with Crippen LogP contribution in [0.2, 0.25) is 0 Å². The highest BCUT2D eigenvalue weighted by Crippen LogP contribution is 2.11. The maximum absolute atomic E-state index is 12.7. The Balaban J connectivity index is 2.87. The zero-order valence-corrected chi connectivity index (χ0v) is 11.8. The predicted molar refractivity (Wildman–Crippen MR) is 71.1 cm³/mol. The van der Waals surface area contributed by atoms with Crippen LogP contribution >= 0.6 is 11.8 Å². The summed E-state index contributed by atoms with van der Waals surface area (Å²) in [5.41, 5.74) is 0. The van der Waals surface area contributed by atoms with Crippen molar-refractivity contribution in [3.63, 3.8) is 0 Å². The van der Waals surface area contributed by atoms with Crippen molar-refractivity contribution in [2.24, 2.45) is 0 Å². The molecule has 0 aliphatic carbocycles. The minimum atomic E-state index is -3.96. The van der Waals surface area contributed by atoms with Crippen molar-refractivity contribution in [1.82, 2.24) is 4.72 Å². The maximum atomic E-state index is 12.7. The van der Waals surface area contributed by atoms with Crippen LogP contribution in [0.15, 0.2) is 29.2 Å². The van der Waals surface area contributed by atoms with Crippen LogP contribution in [0.25, 0.3) is 0 Å². The van der Waals surface area contributed by atoms with Crippen LogP contribution in [-0.2, 0) is 14.8 Å². The number of hydrogen-bond donors (Lipinski definition) is 2. The van der Waals surface area contributed by atoms with Gasteiger partial charge < -0.3 is 5.11 Å². The third kappa shape index (κ3) is 4.81. The standard InChI is InChI=1S/C11H14FNO4S2/c1-18-7-6-10(11(14)15)13-19(16,17)9-4-2-8(12)3-5-9/h2-5,10,13H,6-7H2,1H3,(H,14,15)/t10-/m1/s1. The number of carboxylic acids is 1. The molecule has 1 rings (SSSR count). The summed E-state index contributed by atoms with van der Waals surface area (Å²) in [6.45, 7) is 0. The predicted octanol–water partition coefficient (Wildman–Crippen LogP) is 1.31. The fourth-order valence-corrected chi connectivity index (χ4v) is 3.03. The van der Waals surface area contributed by atoms with E-state index in [0.29, 0.717) is 5.75 Å². The molecule has 0 aromatic heterocycles. The molecule has 2 N–H and O–H groups in total. The summed E-state index contributed by atoms with van der Waals surface area (Å²) in [4.78, 5) is 10.8.